The Labute approximate surface area is 65.7 Å². The lowest BCUT2D eigenvalue weighted by molar-refractivity contribution is -0.137. The summed E-state index contributed by atoms with van der Waals surface area (Å²) in [5.74, 6) is -1.12. The van der Waals surface area contributed by atoms with Gasteiger partial charge in [0.2, 0.25) is 0 Å². The highest BCUT2D eigenvalue weighted by Crippen LogP contribution is 2.01. The van der Waals surface area contributed by atoms with E-state index in [1.165, 1.54) is 0 Å². The lowest BCUT2D eigenvalue weighted by Gasteiger charge is -1.92. The zero-order valence-corrected chi connectivity index (χ0v) is 4.98. The van der Waals surface area contributed by atoms with Crippen molar-refractivity contribution in [2.45, 2.75) is 38.9 Å². The van der Waals surface area contributed by atoms with Crippen molar-refractivity contribution in [3.8, 4) is 0 Å². The first-order valence-corrected chi connectivity index (χ1v) is 2.63. The molecule has 0 saturated carbocycles. The molecule has 2 nitrogen and oxygen atoms in total. The Kier molecular flexibility index (Phi) is 1.41. The first kappa shape index (κ1) is 2.26. The molecule has 0 aromatic heterocycles. The van der Waals surface area contributed by atoms with Crippen molar-refractivity contribution in [1.29, 1.82) is 0 Å². The van der Waals surface area contributed by atoms with Gasteiger partial charge >= 0.3 is 5.97 Å². The van der Waals surface area contributed by atoms with E-state index in [2.05, 4.69) is 0 Å². The van der Waals surface area contributed by atoms with E-state index >= 15 is 0 Å². The minimum absolute atomic E-state index is 0.0993. The summed E-state index contributed by atoms with van der Waals surface area (Å²) < 4.78 is 50.0. The predicted molar refractivity (Wildman–Crippen MR) is 36.4 cm³/mol. The third-order valence-electron chi connectivity index (χ3n) is 0.781. The van der Waals surface area contributed by atoms with Gasteiger partial charge in [-0.2, -0.15) is 0 Å². The van der Waals surface area contributed by atoms with Crippen LogP contribution in [0.4, 0.5) is 0 Å². The Balaban J connectivity index is 4.59. The van der Waals surface area contributed by atoms with Gasteiger partial charge in [-0.25, -0.2) is 0 Å². The van der Waals surface area contributed by atoms with Gasteiger partial charge in [0.05, 0.1) is 0 Å². The minimum Gasteiger partial charge on any atom is -0.481 e. The van der Waals surface area contributed by atoms with E-state index in [1.807, 2.05) is 0 Å². The fourth-order valence-corrected chi connectivity index (χ4v) is 0.391. The Morgan fingerprint density at radius 1 is 1.78 bits per heavy atom. The summed E-state index contributed by atoms with van der Waals surface area (Å²) in [5, 5.41) is 8.35. The van der Waals surface area contributed by atoms with Gasteiger partial charge in [0.15, 0.2) is 0 Å². The maximum atomic E-state index is 10.2. The van der Waals surface area contributed by atoms with Gasteiger partial charge in [-0.15, -0.1) is 0 Å². The highest BCUT2D eigenvalue weighted by molar-refractivity contribution is 5.66. The zero-order chi connectivity index (χ0) is 13.2. The van der Waals surface area contributed by atoms with Crippen molar-refractivity contribution in [3.05, 3.63) is 0 Å². The largest absolute Gasteiger partial charge is 0.481 e. The molecule has 0 amide bonds. The molecule has 0 unspecified atom stereocenters. The van der Waals surface area contributed by atoms with Crippen LogP contribution in [0.3, 0.4) is 0 Å². The number of carbonyl (C=O) groups is 1. The molecular formula is C7H14O2. The maximum absolute atomic E-state index is 10.2. The number of rotatable bonds is 5. The Morgan fingerprint density at radius 3 is 3.11 bits per heavy atom. The Bertz CT molecular complexity index is 258. The van der Waals surface area contributed by atoms with Crippen LogP contribution in [-0.2, 0) is 4.79 Å². The van der Waals surface area contributed by atoms with Crippen LogP contribution in [0, 0.1) is 0 Å². The maximum Gasteiger partial charge on any atom is 0.303 e. The molecule has 0 aliphatic heterocycles. The molecule has 0 spiro atoms. The summed E-state index contributed by atoms with van der Waals surface area (Å²) in [4.78, 5) is 10.2. The molecule has 1 N–H and O–H groups in total. The van der Waals surface area contributed by atoms with E-state index in [1.54, 1.807) is 0 Å². The van der Waals surface area contributed by atoms with Crippen molar-refractivity contribution < 1.29 is 19.5 Å². The molecule has 2 heteroatoms. The van der Waals surface area contributed by atoms with Gasteiger partial charge in [-0.05, 0) is 6.42 Å². The highest BCUT2D eigenvalue weighted by atomic mass is 16.4. The summed E-state index contributed by atoms with van der Waals surface area (Å²) >= 11 is 0. The van der Waals surface area contributed by atoms with E-state index in [4.69, 9.17) is 14.7 Å². The zero-order valence-electron chi connectivity index (χ0n) is 12.0. The van der Waals surface area contributed by atoms with E-state index in [-0.39, 0.29) is 12.8 Å². The van der Waals surface area contributed by atoms with Crippen LogP contribution in [0.2, 0.25) is 0 Å². The third kappa shape index (κ3) is 7.47. The second-order valence-corrected chi connectivity index (χ2v) is 1.55. The molecule has 0 aromatic carbocycles. The van der Waals surface area contributed by atoms with E-state index in [9.17, 15) is 4.79 Å². The molecule has 0 heterocycles. The second-order valence-electron chi connectivity index (χ2n) is 1.55. The second kappa shape index (κ2) is 5.60. The number of hydrogen-bond donors (Lipinski definition) is 1. The Hall–Kier alpha value is -0.530. The summed E-state index contributed by atoms with van der Waals surface area (Å²) in [6, 6.07) is 0. The smallest absolute Gasteiger partial charge is 0.303 e. The molecule has 54 valence electrons. The van der Waals surface area contributed by atoms with Gasteiger partial charge in [-0.1, -0.05) is 26.0 Å². The van der Waals surface area contributed by atoms with E-state index < -0.39 is 32.0 Å². The first-order chi connectivity index (χ1) is 6.92. The third-order valence-corrected chi connectivity index (χ3v) is 0.781. The van der Waals surface area contributed by atoms with Crippen molar-refractivity contribution in [2.75, 3.05) is 0 Å². The van der Waals surface area contributed by atoms with Crippen molar-refractivity contribution >= 4 is 5.97 Å². The number of carboxylic acid groups (broad SMARTS) is 1. The van der Waals surface area contributed by atoms with Gasteiger partial charge in [0.1, 0.15) is 0 Å². The average molecular weight is 137 g/mol. The summed E-state index contributed by atoms with van der Waals surface area (Å²) in [7, 11) is 0. The standard InChI is InChI=1S/C7H14O2/c1-2-3-4-5-6-7(8)9/h2-6H2,1H3,(H,8,9)/i1D3,2D2,3D2. The van der Waals surface area contributed by atoms with Crippen LogP contribution in [0.25, 0.3) is 0 Å². The van der Waals surface area contributed by atoms with Crippen LogP contribution in [0.15, 0.2) is 0 Å². The summed E-state index contributed by atoms with van der Waals surface area (Å²) in [5.41, 5.74) is 0. The average Bonchev–Trinajstić information content (AvgIpc) is 2.00. The molecule has 0 bridgehead atoms. The van der Waals surface area contributed by atoms with Crippen molar-refractivity contribution in [1.82, 2.24) is 0 Å². The lowest BCUT2D eigenvalue weighted by atomic mass is 10.2. The molecule has 0 aromatic rings. The van der Waals surface area contributed by atoms with Gasteiger partial charge in [-0.3, -0.25) is 4.79 Å². The number of carboxylic acids is 1. The predicted octanol–water partition coefficient (Wildman–Crippen LogP) is 2.04. The summed E-state index contributed by atoms with van der Waals surface area (Å²) in [6.07, 6.45) is -6.41. The van der Waals surface area contributed by atoms with Gasteiger partial charge in [0, 0.05) is 16.0 Å². The topological polar surface area (TPSA) is 37.3 Å². The van der Waals surface area contributed by atoms with Crippen LogP contribution in [-0.4, -0.2) is 11.1 Å². The molecule has 0 fully saturated rings. The molecule has 9 heavy (non-hydrogen) atoms. The van der Waals surface area contributed by atoms with Crippen molar-refractivity contribution in [2.24, 2.45) is 0 Å². The highest BCUT2D eigenvalue weighted by Gasteiger charge is 1.93. The molecule has 0 atom stereocenters. The SMILES string of the molecule is [2H]C([2H])([2H])C([2H])([2H])C([2H])([2H])CCCC(=O)O. The normalized spacial score (nSPS) is 25.6. The van der Waals surface area contributed by atoms with Crippen molar-refractivity contribution in [3.63, 3.8) is 0 Å². The fourth-order valence-electron chi connectivity index (χ4n) is 0.391. The van der Waals surface area contributed by atoms with Crippen LogP contribution in [0.1, 0.15) is 48.5 Å². The Morgan fingerprint density at radius 2 is 2.56 bits per heavy atom. The molecule has 0 saturated heterocycles. The molecule has 0 rings (SSSR count). The molecule has 0 radical (unpaired) electrons. The molecular weight excluding hydrogens is 116 g/mol. The van der Waals surface area contributed by atoms with E-state index in [0.717, 1.165) is 0 Å². The molecule has 0 aliphatic carbocycles. The van der Waals surface area contributed by atoms with Gasteiger partial charge in [0.25, 0.3) is 0 Å². The molecule has 0 aliphatic rings. The van der Waals surface area contributed by atoms with E-state index in [0.29, 0.717) is 0 Å². The number of hydrogen-bond acceptors (Lipinski definition) is 1. The fraction of sp³-hybridized carbons (Fsp3) is 0.857. The lowest BCUT2D eigenvalue weighted by Crippen LogP contribution is -1.92. The quantitative estimate of drug-likeness (QED) is 0.629. The number of aliphatic carboxylic acids is 1. The van der Waals surface area contributed by atoms with Crippen LogP contribution in [0.5, 0.6) is 0 Å². The van der Waals surface area contributed by atoms with Crippen LogP contribution < -0.4 is 0 Å². The van der Waals surface area contributed by atoms with Crippen LogP contribution >= 0.6 is 0 Å². The minimum atomic E-state index is -3.07. The monoisotopic (exact) mass is 137 g/mol. The first-order valence-electron chi connectivity index (χ1n) is 6.13. The summed E-state index contributed by atoms with van der Waals surface area (Å²) in [6.45, 7) is -3.07. The van der Waals surface area contributed by atoms with Gasteiger partial charge < -0.3 is 5.11 Å².